The van der Waals surface area contributed by atoms with Gasteiger partial charge >= 0.3 is 0 Å². The van der Waals surface area contributed by atoms with Crippen LogP contribution in [0.5, 0.6) is 0 Å². The molecule has 5 aliphatic rings. The van der Waals surface area contributed by atoms with Crippen molar-refractivity contribution in [3.05, 3.63) is 33.8 Å². The van der Waals surface area contributed by atoms with Gasteiger partial charge in [-0.05, 0) is 79.9 Å². The number of piperazine rings is 1. The van der Waals surface area contributed by atoms with Crippen LogP contribution in [0, 0.1) is 23.2 Å². The molecule has 178 valence electrons. The van der Waals surface area contributed by atoms with Crippen LogP contribution in [-0.2, 0) is 9.59 Å². The Hall–Kier alpha value is -1.79. The minimum atomic E-state index is -0.160. The number of carbonyl (C=O) groups is 3. The zero-order chi connectivity index (χ0) is 23.2. The van der Waals surface area contributed by atoms with E-state index in [4.69, 9.17) is 23.2 Å². The van der Waals surface area contributed by atoms with Gasteiger partial charge in [-0.1, -0.05) is 23.2 Å². The summed E-state index contributed by atoms with van der Waals surface area (Å²) in [7, 11) is 0. The van der Waals surface area contributed by atoms with Gasteiger partial charge in [-0.15, -0.1) is 0 Å². The second kappa shape index (κ2) is 9.10. The van der Waals surface area contributed by atoms with Crippen molar-refractivity contribution in [2.45, 2.75) is 44.9 Å². The molecule has 1 saturated heterocycles. The maximum Gasteiger partial charge on any atom is 0.255 e. The molecule has 0 aromatic heterocycles. The van der Waals surface area contributed by atoms with E-state index in [0.29, 0.717) is 48.2 Å². The van der Waals surface area contributed by atoms with E-state index in [0.717, 1.165) is 17.8 Å². The van der Waals surface area contributed by atoms with E-state index in [1.807, 2.05) is 0 Å². The Kier molecular flexibility index (Phi) is 6.34. The normalized spacial score (nSPS) is 30.4. The monoisotopic (exact) mass is 491 g/mol. The summed E-state index contributed by atoms with van der Waals surface area (Å²) in [6, 6.07) is 4.83. The Balaban J connectivity index is 1.08. The van der Waals surface area contributed by atoms with E-state index in [1.54, 1.807) is 28.0 Å². The molecule has 0 spiro atoms. The van der Waals surface area contributed by atoms with Crippen LogP contribution in [0.3, 0.4) is 0 Å². The molecule has 8 heteroatoms. The van der Waals surface area contributed by atoms with Gasteiger partial charge in [-0.25, -0.2) is 0 Å². The third-order valence-corrected chi connectivity index (χ3v) is 8.77. The van der Waals surface area contributed by atoms with E-state index in [-0.39, 0.29) is 29.7 Å². The highest BCUT2D eigenvalue weighted by molar-refractivity contribution is 6.36. The summed E-state index contributed by atoms with van der Waals surface area (Å²) in [6.45, 7) is 1.79. The molecule has 4 saturated carbocycles. The van der Waals surface area contributed by atoms with Crippen LogP contribution in [0.15, 0.2) is 18.2 Å². The van der Waals surface area contributed by atoms with Gasteiger partial charge in [0.1, 0.15) is 0 Å². The van der Waals surface area contributed by atoms with Crippen LogP contribution in [0.25, 0.3) is 0 Å². The van der Waals surface area contributed by atoms with Gasteiger partial charge in [0.25, 0.3) is 5.91 Å². The van der Waals surface area contributed by atoms with Gasteiger partial charge in [0.2, 0.25) is 11.8 Å². The fourth-order valence-corrected chi connectivity index (χ4v) is 7.68. The van der Waals surface area contributed by atoms with Crippen LogP contribution < -0.4 is 5.32 Å². The van der Waals surface area contributed by atoms with Crippen molar-refractivity contribution in [2.75, 3.05) is 32.7 Å². The molecule has 1 aromatic rings. The van der Waals surface area contributed by atoms with E-state index < -0.39 is 0 Å². The van der Waals surface area contributed by atoms with Gasteiger partial charge in [0.15, 0.2) is 0 Å². The number of benzene rings is 1. The summed E-state index contributed by atoms with van der Waals surface area (Å²) in [5.74, 6) is 2.20. The molecule has 3 amide bonds. The topological polar surface area (TPSA) is 69.7 Å². The minimum absolute atomic E-state index is 0.0106. The number of rotatable bonds is 5. The van der Waals surface area contributed by atoms with Crippen LogP contribution in [0.2, 0.25) is 10.0 Å². The lowest BCUT2D eigenvalue weighted by Crippen LogP contribution is -2.53. The first-order chi connectivity index (χ1) is 15.8. The average Bonchev–Trinajstić information content (AvgIpc) is 2.76. The number of nitrogens with one attached hydrogen (secondary N) is 1. The van der Waals surface area contributed by atoms with Crippen molar-refractivity contribution < 1.29 is 14.4 Å². The van der Waals surface area contributed by atoms with Gasteiger partial charge in [0.05, 0.1) is 17.1 Å². The Morgan fingerprint density at radius 1 is 0.909 bits per heavy atom. The molecule has 6 rings (SSSR count). The summed E-state index contributed by atoms with van der Waals surface area (Å²) in [6.07, 6.45) is 8.21. The molecule has 4 aliphatic carbocycles. The van der Waals surface area contributed by atoms with E-state index in [2.05, 4.69) is 5.32 Å². The standard InChI is InChI=1S/C25H31Cl2N3O3/c26-19-1-2-20(21(27)10-19)24(33)30-5-3-29(4-6-30)23(32)15-28-22(31)14-25-11-16-7-17(12-25)9-18(8-16)13-25/h1-2,10,16-18H,3-9,11-15H2,(H,28,31). The van der Waals surface area contributed by atoms with Crippen LogP contribution >= 0.6 is 23.2 Å². The third kappa shape index (κ3) is 4.88. The molecular weight excluding hydrogens is 461 g/mol. The SMILES string of the molecule is O=C(CC12CC3CC(CC(C3)C1)C2)NCC(=O)N1CCN(C(=O)c2ccc(Cl)cc2Cl)CC1. The highest BCUT2D eigenvalue weighted by Crippen LogP contribution is 2.61. The highest BCUT2D eigenvalue weighted by atomic mass is 35.5. The average molecular weight is 492 g/mol. The smallest absolute Gasteiger partial charge is 0.255 e. The summed E-state index contributed by atoms with van der Waals surface area (Å²) < 4.78 is 0. The molecule has 1 heterocycles. The van der Waals surface area contributed by atoms with Crippen molar-refractivity contribution in [3.63, 3.8) is 0 Å². The first-order valence-electron chi connectivity index (χ1n) is 12.1. The maximum atomic E-state index is 12.8. The maximum absolute atomic E-state index is 12.8. The number of hydrogen-bond donors (Lipinski definition) is 1. The molecule has 4 bridgehead atoms. The first-order valence-corrected chi connectivity index (χ1v) is 12.8. The molecule has 33 heavy (non-hydrogen) atoms. The highest BCUT2D eigenvalue weighted by Gasteiger charge is 2.51. The lowest BCUT2D eigenvalue weighted by Gasteiger charge is -2.56. The summed E-state index contributed by atoms with van der Waals surface area (Å²) >= 11 is 12.1. The quantitative estimate of drug-likeness (QED) is 0.676. The van der Waals surface area contributed by atoms with Crippen LogP contribution in [0.4, 0.5) is 0 Å². The molecule has 1 N–H and O–H groups in total. The number of nitrogens with zero attached hydrogens (tertiary/aromatic N) is 2. The van der Waals surface area contributed by atoms with Gasteiger partial charge in [0, 0.05) is 37.6 Å². The number of amides is 3. The Labute approximate surface area is 205 Å². The first kappa shape index (κ1) is 23.0. The predicted molar refractivity (Wildman–Crippen MR) is 127 cm³/mol. The van der Waals surface area contributed by atoms with Crippen molar-refractivity contribution in [1.29, 1.82) is 0 Å². The molecule has 0 unspecified atom stereocenters. The van der Waals surface area contributed by atoms with E-state index in [9.17, 15) is 14.4 Å². The van der Waals surface area contributed by atoms with Gasteiger partial charge < -0.3 is 15.1 Å². The molecule has 0 radical (unpaired) electrons. The second-order valence-electron chi connectivity index (χ2n) is 10.7. The largest absolute Gasteiger partial charge is 0.347 e. The zero-order valence-corrected chi connectivity index (χ0v) is 20.3. The van der Waals surface area contributed by atoms with Crippen molar-refractivity contribution >= 4 is 40.9 Å². The molecule has 1 aromatic carbocycles. The van der Waals surface area contributed by atoms with Crippen molar-refractivity contribution in [2.24, 2.45) is 23.2 Å². The molecule has 0 atom stereocenters. The predicted octanol–water partition coefficient (Wildman–Crippen LogP) is 4.00. The fraction of sp³-hybridized carbons (Fsp3) is 0.640. The van der Waals surface area contributed by atoms with Crippen molar-refractivity contribution in [1.82, 2.24) is 15.1 Å². The number of carbonyl (C=O) groups excluding carboxylic acids is 3. The summed E-state index contributed by atoms with van der Waals surface area (Å²) in [5.41, 5.74) is 0.592. The minimum Gasteiger partial charge on any atom is -0.347 e. The van der Waals surface area contributed by atoms with E-state index >= 15 is 0 Å². The summed E-state index contributed by atoms with van der Waals surface area (Å²) in [4.78, 5) is 41.6. The molecule has 1 aliphatic heterocycles. The van der Waals surface area contributed by atoms with E-state index in [1.165, 1.54) is 38.5 Å². The number of hydrogen-bond acceptors (Lipinski definition) is 3. The summed E-state index contributed by atoms with van der Waals surface area (Å²) in [5, 5.41) is 3.70. The molecule has 6 nitrogen and oxygen atoms in total. The third-order valence-electron chi connectivity index (χ3n) is 8.22. The Morgan fingerprint density at radius 3 is 2.06 bits per heavy atom. The van der Waals surface area contributed by atoms with Crippen LogP contribution in [-0.4, -0.2) is 60.2 Å². The lowest BCUT2D eigenvalue weighted by molar-refractivity contribution is -0.136. The van der Waals surface area contributed by atoms with Gasteiger partial charge in [-0.3, -0.25) is 14.4 Å². The van der Waals surface area contributed by atoms with Crippen LogP contribution in [0.1, 0.15) is 55.3 Å². The fourth-order valence-electron chi connectivity index (χ4n) is 7.19. The zero-order valence-electron chi connectivity index (χ0n) is 18.8. The Bertz CT molecular complexity index is 923. The second-order valence-corrected chi connectivity index (χ2v) is 11.5. The van der Waals surface area contributed by atoms with Crippen molar-refractivity contribution in [3.8, 4) is 0 Å². The Morgan fingerprint density at radius 2 is 1.48 bits per heavy atom. The molecular formula is C25H31Cl2N3O3. The number of halogens is 2. The molecule has 5 fully saturated rings. The van der Waals surface area contributed by atoms with Gasteiger partial charge in [-0.2, -0.15) is 0 Å². The lowest BCUT2D eigenvalue weighted by atomic mass is 9.49.